The predicted molar refractivity (Wildman–Crippen MR) is 75.5 cm³/mol. The van der Waals surface area contributed by atoms with Gasteiger partial charge in [-0.1, -0.05) is 24.3 Å². The van der Waals surface area contributed by atoms with Crippen molar-refractivity contribution in [3.63, 3.8) is 0 Å². The summed E-state index contributed by atoms with van der Waals surface area (Å²) in [6.07, 6.45) is 3.28. The summed E-state index contributed by atoms with van der Waals surface area (Å²) in [4.78, 5) is 16.8. The molecule has 1 aromatic heterocycles. The molecule has 2 nitrogen and oxygen atoms in total. The topological polar surface area (TPSA) is 30.0 Å². The molecule has 3 rings (SSSR count). The molecule has 0 N–H and O–H groups in total. The van der Waals surface area contributed by atoms with E-state index in [1.54, 1.807) is 0 Å². The molecule has 0 unspecified atom stereocenters. The zero-order chi connectivity index (χ0) is 13.4. The van der Waals surface area contributed by atoms with Crippen molar-refractivity contribution in [1.82, 2.24) is 4.98 Å². The number of hydrogen-bond acceptors (Lipinski definition) is 2. The summed E-state index contributed by atoms with van der Waals surface area (Å²) in [7, 11) is 0. The zero-order valence-corrected chi connectivity index (χ0v) is 11.3. The molecule has 1 atom stereocenters. The molecule has 0 saturated carbocycles. The Morgan fingerprint density at radius 2 is 1.84 bits per heavy atom. The minimum Gasteiger partial charge on any atom is -0.294 e. The number of Topliss-reactive ketones (excluding diaryl/α,β-unsaturated/α-hetero) is 1. The minimum absolute atomic E-state index is 0.236. The predicted octanol–water partition coefficient (Wildman–Crippen LogP) is 3.61. The van der Waals surface area contributed by atoms with Gasteiger partial charge in [0.1, 0.15) is 0 Å². The summed E-state index contributed by atoms with van der Waals surface area (Å²) >= 11 is 0. The molecule has 19 heavy (non-hydrogen) atoms. The molecule has 0 spiro atoms. The lowest BCUT2D eigenvalue weighted by molar-refractivity contribution is 0.0962. The van der Waals surface area contributed by atoms with Crippen molar-refractivity contribution in [3.8, 4) is 0 Å². The number of ketones is 1. The molecule has 0 saturated heterocycles. The van der Waals surface area contributed by atoms with Crippen LogP contribution in [0.1, 0.15) is 45.1 Å². The largest absolute Gasteiger partial charge is 0.294 e. The third kappa shape index (κ3) is 2.07. The highest BCUT2D eigenvalue weighted by Gasteiger charge is 2.28. The monoisotopic (exact) mass is 251 g/mol. The highest BCUT2D eigenvalue weighted by atomic mass is 16.1. The number of aromatic nitrogens is 1. The quantitative estimate of drug-likeness (QED) is 0.775. The number of benzene rings is 1. The van der Waals surface area contributed by atoms with Crippen LogP contribution in [0.4, 0.5) is 0 Å². The third-order valence-corrected chi connectivity index (χ3v) is 4.02. The van der Waals surface area contributed by atoms with Gasteiger partial charge in [0, 0.05) is 18.2 Å². The van der Waals surface area contributed by atoms with E-state index in [0.717, 1.165) is 23.2 Å². The van der Waals surface area contributed by atoms with E-state index in [4.69, 9.17) is 0 Å². The summed E-state index contributed by atoms with van der Waals surface area (Å²) in [5.41, 5.74) is 5.41. The number of carbonyl (C=O) groups excluding carboxylic acids is 1. The number of carbonyl (C=O) groups is 1. The van der Waals surface area contributed by atoms with Gasteiger partial charge in [0.2, 0.25) is 0 Å². The van der Waals surface area contributed by atoms with Crippen molar-refractivity contribution in [2.45, 2.75) is 32.6 Å². The number of fused-ring (bicyclic) bond motifs is 1. The van der Waals surface area contributed by atoms with E-state index in [0.29, 0.717) is 6.42 Å². The highest BCUT2D eigenvalue weighted by molar-refractivity contribution is 6.00. The van der Waals surface area contributed by atoms with Gasteiger partial charge in [-0.15, -0.1) is 0 Å². The van der Waals surface area contributed by atoms with Crippen LogP contribution < -0.4 is 0 Å². The molecule has 0 bridgehead atoms. The molecule has 2 aromatic rings. The lowest BCUT2D eigenvalue weighted by Crippen LogP contribution is -2.21. The molecule has 0 radical (unpaired) electrons. The van der Waals surface area contributed by atoms with Gasteiger partial charge in [0.25, 0.3) is 0 Å². The lowest BCUT2D eigenvalue weighted by atomic mass is 9.79. The molecule has 1 aromatic carbocycles. The normalized spacial score (nSPS) is 18.2. The maximum absolute atomic E-state index is 12.4. The van der Waals surface area contributed by atoms with Crippen LogP contribution in [0.25, 0.3) is 0 Å². The molecule has 0 amide bonds. The van der Waals surface area contributed by atoms with Gasteiger partial charge in [0.05, 0.1) is 5.69 Å². The summed E-state index contributed by atoms with van der Waals surface area (Å²) in [6, 6.07) is 10.3. The second-order valence-electron chi connectivity index (χ2n) is 5.33. The van der Waals surface area contributed by atoms with E-state index in [9.17, 15) is 4.79 Å². The average molecular weight is 251 g/mol. The average Bonchev–Trinajstić information content (AvgIpc) is 2.39. The maximum Gasteiger partial charge on any atom is 0.165 e. The molecule has 1 heterocycles. The number of pyridine rings is 1. The first-order chi connectivity index (χ1) is 9.16. The van der Waals surface area contributed by atoms with Crippen LogP contribution in [0.2, 0.25) is 0 Å². The Bertz CT molecular complexity index is 645. The molecule has 96 valence electrons. The van der Waals surface area contributed by atoms with Crippen LogP contribution in [0, 0.1) is 13.8 Å². The molecular weight excluding hydrogens is 234 g/mol. The van der Waals surface area contributed by atoms with Crippen molar-refractivity contribution in [2.75, 3.05) is 0 Å². The Morgan fingerprint density at radius 1 is 1.05 bits per heavy atom. The lowest BCUT2D eigenvalue weighted by Gasteiger charge is -2.25. The van der Waals surface area contributed by atoms with Crippen molar-refractivity contribution in [2.24, 2.45) is 0 Å². The summed E-state index contributed by atoms with van der Waals surface area (Å²) in [6.45, 7) is 4.10. The number of aryl methyl sites for hydroxylation is 2. The minimum atomic E-state index is 0.236. The summed E-state index contributed by atoms with van der Waals surface area (Å²) < 4.78 is 0. The van der Waals surface area contributed by atoms with Crippen LogP contribution in [0.3, 0.4) is 0 Å². The Kier molecular flexibility index (Phi) is 2.94. The van der Waals surface area contributed by atoms with Crippen LogP contribution >= 0.6 is 0 Å². The van der Waals surface area contributed by atoms with Gasteiger partial charge in [-0.3, -0.25) is 9.78 Å². The standard InChI is InChI=1S/C17H17NO/c1-11-5-3-4-6-14(11)13-9-15-17(16(19)10-13)12(2)7-8-18-15/h3-8,13H,9-10H2,1-2H3/t13-/m1/s1. The van der Waals surface area contributed by atoms with Gasteiger partial charge in [-0.05, 0) is 48.9 Å². The fraction of sp³-hybridized carbons (Fsp3) is 0.294. The van der Waals surface area contributed by atoms with Gasteiger partial charge in [-0.2, -0.15) is 0 Å². The van der Waals surface area contributed by atoms with E-state index >= 15 is 0 Å². The first-order valence-electron chi connectivity index (χ1n) is 6.70. The maximum atomic E-state index is 12.4. The van der Waals surface area contributed by atoms with E-state index in [1.807, 2.05) is 31.3 Å². The van der Waals surface area contributed by atoms with Crippen molar-refractivity contribution >= 4 is 5.78 Å². The van der Waals surface area contributed by atoms with Gasteiger partial charge < -0.3 is 0 Å². The highest BCUT2D eigenvalue weighted by Crippen LogP contribution is 2.34. The second kappa shape index (κ2) is 4.61. The molecule has 1 aliphatic rings. The van der Waals surface area contributed by atoms with Crippen molar-refractivity contribution in [1.29, 1.82) is 0 Å². The summed E-state index contributed by atoms with van der Waals surface area (Å²) in [5.74, 6) is 0.510. The van der Waals surface area contributed by atoms with Gasteiger partial charge >= 0.3 is 0 Å². The van der Waals surface area contributed by atoms with E-state index < -0.39 is 0 Å². The van der Waals surface area contributed by atoms with Gasteiger partial charge in [0.15, 0.2) is 5.78 Å². The smallest absolute Gasteiger partial charge is 0.165 e. The fourth-order valence-corrected chi connectivity index (χ4v) is 3.05. The van der Waals surface area contributed by atoms with Crippen LogP contribution in [-0.4, -0.2) is 10.8 Å². The van der Waals surface area contributed by atoms with E-state index in [1.165, 1.54) is 11.1 Å². The van der Waals surface area contributed by atoms with Crippen molar-refractivity contribution < 1.29 is 4.79 Å². The Hall–Kier alpha value is -1.96. The van der Waals surface area contributed by atoms with Gasteiger partial charge in [-0.25, -0.2) is 0 Å². The first kappa shape index (κ1) is 12.1. The second-order valence-corrected chi connectivity index (χ2v) is 5.33. The first-order valence-corrected chi connectivity index (χ1v) is 6.70. The number of hydrogen-bond donors (Lipinski definition) is 0. The fourth-order valence-electron chi connectivity index (χ4n) is 3.05. The molecular formula is C17H17NO. The number of nitrogens with zero attached hydrogens (tertiary/aromatic N) is 1. The van der Waals surface area contributed by atoms with E-state index in [-0.39, 0.29) is 11.7 Å². The van der Waals surface area contributed by atoms with Crippen LogP contribution in [0.5, 0.6) is 0 Å². The van der Waals surface area contributed by atoms with Crippen molar-refractivity contribution in [3.05, 3.63) is 64.5 Å². The Balaban J connectivity index is 2.03. The molecule has 2 heteroatoms. The summed E-state index contributed by atoms with van der Waals surface area (Å²) in [5, 5.41) is 0. The Labute approximate surface area is 113 Å². The van der Waals surface area contributed by atoms with Crippen LogP contribution in [-0.2, 0) is 6.42 Å². The third-order valence-electron chi connectivity index (χ3n) is 4.02. The zero-order valence-electron chi connectivity index (χ0n) is 11.3. The number of rotatable bonds is 1. The SMILES string of the molecule is Cc1ccccc1[C@H]1CC(=O)c2c(C)ccnc2C1. The molecule has 0 aliphatic heterocycles. The van der Waals surface area contributed by atoms with Crippen LogP contribution in [0.15, 0.2) is 36.5 Å². The Morgan fingerprint density at radius 3 is 2.63 bits per heavy atom. The van der Waals surface area contributed by atoms with E-state index in [2.05, 4.69) is 24.0 Å². The molecule has 1 aliphatic carbocycles. The molecule has 0 fully saturated rings.